The molecule has 0 aliphatic carbocycles. The van der Waals surface area contributed by atoms with Gasteiger partial charge in [-0.3, -0.25) is 14.9 Å². The maximum Gasteiger partial charge on any atom is 0.305 e. The molecule has 7 heteroatoms. The third kappa shape index (κ3) is 3.49. The van der Waals surface area contributed by atoms with Crippen molar-refractivity contribution in [3.8, 4) is 0 Å². The van der Waals surface area contributed by atoms with Crippen molar-refractivity contribution < 1.29 is 14.1 Å². The lowest BCUT2D eigenvalue weighted by atomic mass is 10.2. The fourth-order valence-corrected chi connectivity index (χ4v) is 1.31. The van der Waals surface area contributed by atoms with Gasteiger partial charge in [0.05, 0.1) is 11.5 Å². The Morgan fingerprint density at radius 3 is 2.72 bits per heavy atom. The van der Waals surface area contributed by atoms with E-state index in [4.69, 9.17) is 0 Å². The second-order valence-electron chi connectivity index (χ2n) is 3.90. The second kappa shape index (κ2) is 6.06. The molecule has 0 saturated carbocycles. The molecule has 1 aromatic rings. The highest BCUT2D eigenvalue weighted by atomic mass is 19.1. The number of rotatable bonds is 5. The lowest BCUT2D eigenvalue weighted by Gasteiger charge is -2.11. The maximum absolute atomic E-state index is 13.6. The number of amides is 1. The van der Waals surface area contributed by atoms with Crippen LogP contribution in [0.5, 0.6) is 0 Å². The van der Waals surface area contributed by atoms with Crippen LogP contribution in [0.3, 0.4) is 0 Å². The number of hydrogen-bond acceptors (Lipinski definition) is 4. The Labute approximate surface area is 104 Å². The summed E-state index contributed by atoms with van der Waals surface area (Å²) in [6, 6.07) is 3.95. The van der Waals surface area contributed by atoms with Crippen LogP contribution in [0, 0.1) is 15.9 Å². The Hall–Kier alpha value is -2.02. The highest BCUT2D eigenvalue weighted by Crippen LogP contribution is 2.19. The van der Waals surface area contributed by atoms with Gasteiger partial charge in [0.1, 0.15) is 0 Å². The van der Waals surface area contributed by atoms with E-state index in [-0.39, 0.29) is 24.6 Å². The highest BCUT2D eigenvalue weighted by Gasteiger charge is 2.16. The SMILES string of the molecule is CN(C)C(=O)CNCc1cccc([N+](=O)[O-])c1F. The minimum Gasteiger partial charge on any atom is -0.348 e. The Kier molecular flexibility index (Phi) is 4.73. The van der Waals surface area contributed by atoms with Crippen molar-refractivity contribution in [1.82, 2.24) is 10.2 Å². The zero-order chi connectivity index (χ0) is 13.7. The predicted octanol–water partition coefficient (Wildman–Crippen LogP) is 0.912. The second-order valence-corrected chi connectivity index (χ2v) is 3.90. The van der Waals surface area contributed by atoms with Crippen LogP contribution in [-0.4, -0.2) is 36.4 Å². The number of halogens is 1. The van der Waals surface area contributed by atoms with Crippen molar-refractivity contribution in [2.24, 2.45) is 0 Å². The molecule has 1 N–H and O–H groups in total. The molecular formula is C11H14FN3O3. The van der Waals surface area contributed by atoms with E-state index in [0.717, 1.165) is 6.07 Å². The molecule has 0 unspecified atom stereocenters. The van der Waals surface area contributed by atoms with Crippen molar-refractivity contribution >= 4 is 11.6 Å². The van der Waals surface area contributed by atoms with E-state index in [9.17, 15) is 19.3 Å². The molecule has 0 aromatic heterocycles. The summed E-state index contributed by atoms with van der Waals surface area (Å²) in [5.74, 6) is -1.02. The van der Waals surface area contributed by atoms with Gasteiger partial charge >= 0.3 is 5.69 Å². The minimum absolute atomic E-state index is 0.0507. The van der Waals surface area contributed by atoms with Gasteiger partial charge in [0.25, 0.3) is 0 Å². The lowest BCUT2D eigenvalue weighted by Crippen LogP contribution is -2.32. The Bertz CT molecular complexity index is 463. The minimum atomic E-state index is -0.868. The summed E-state index contributed by atoms with van der Waals surface area (Å²) in [6.45, 7) is 0.113. The molecular weight excluding hydrogens is 241 g/mol. The van der Waals surface area contributed by atoms with Gasteiger partial charge in [-0.25, -0.2) is 0 Å². The van der Waals surface area contributed by atoms with E-state index in [1.165, 1.54) is 17.0 Å². The summed E-state index contributed by atoms with van der Waals surface area (Å²) < 4.78 is 13.6. The molecule has 0 bridgehead atoms. The van der Waals surface area contributed by atoms with E-state index in [1.807, 2.05) is 0 Å². The van der Waals surface area contributed by atoms with Crippen LogP contribution in [0.1, 0.15) is 5.56 Å². The molecule has 6 nitrogen and oxygen atoms in total. The van der Waals surface area contributed by atoms with Crippen LogP contribution in [0.25, 0.3) is 0 Å². The molecule has 18 heavy (non-hydrogen) atoms. The first-order chi connectivity index (χ1) is 8.43. The smallest absolute Gasteiger partial charge is 0.305 e. The van der Waals surface area contributed by atoms with Crippen LogP contribution in [0.4, 0.5) is 10.1 Å². The zero-order valence-corrected chi connectivity index (χ0v) is 10.1. The number of likely N-dealkylation sites (N-methyl/N-ethyl adjacent to an activating group) is 1. The first-order valence-electron chi connectivity index (χ1n) is 5.26. The topological polar surface area (TPSA) is 75.5 Å². The molecule has 0 fully saturated rings. The van der Waals surface area contributed by atoms with Crippen molar-refractivity contribution in [3.63, 3.8) is 0 Å². The van der Waals surface area contributed by atoms with E-state index in [0.29, 0.717) is 0 Å². The van der Waals surface area contributed by atoms with E-state index in [1.54, 1.807) is 14.1 Å². The van der Waals surface area contributed by atoms with Gasteiger partial charge in [0, 0.05) is 32.3 Å². The highest BCUT2D eigenvalue weighted by molar-refractivity contribution is 5.77. The van der Waals surface area contributed by atoms with Crippen LogP contribution in [0.2, 0.25) is 0 Å². The van der Waals surface area contributed by atoms with Gasteiger partial charge in [-0.1, -0.05) is 12.1 Å². The number of carbonyl (C=O) groups excluding carboxylic acids is 1. The van der Waals surface area contributed by atoms with Crippen LogP contribution >= 0.6 is 0 Å². The first-order valence-corrected chi connectivity index (χ1v) is 5.26. The Morgan fingerprint density at radius 1 is 1.50 bits per heavy atom. The largest absolute Gasteiger partial charge is 0.348 e. The van der Waals surface area contributed by atoms with Crippen molar-refractivity contribution in [3.05, 3.63) is 39.7 Å². The molecule has 1 amide bonds. The molecule has 0 atom stereocenters. The number of nitrogens with zero attached hydrogens (tertiary/aromatic N) is 2. The van der Waals surface area contributed by atoms with Crippen LogP contribution in [-0.2, 0) is 11.3 Å². The number of carbonyl (C=O) groups is 1. The van der Waals surface area contributed by atoms with E-state index in [2.05, 4.69) is 5.32 Å². The number of nitrogens with one attached hydrogen (secondary N) is 1. The molecule has 1 aromatic carbocycles. The van der Waals surface area contributed by atoms with E-state index < -0.39 is 16.4 Å². The molecule has 98 valence electrons. The average molecular weight is 255 g/mol. The van der Waals surface area contributed by atoms with Gasteiger partial charge < -0.3 is 10.2 Å². The summed E-state index contributed by atoms with van der Waals surface area (Å²) in [5, 5.41) is 13.3. The van der Waals surface area contributed by atoms with Crippen molar-refractivity contribution in [1.29, 1.82) is 0 Å². The quantitative estimate of drug-likeness (QED) is 0.627. The summed E-state index contributed by atoms with van der Waals surface area (Å²) >= 11 is 0. The molecule has 0 spiro atoms. The van der Waals surface area contributed by atoms with Gasteiger partial charge in [-0.2, -0.15) is 4.39 Å². The standard InChI is InChI=1S/C11H14FN3O3/c1-14(2)10(16)7-13-6-8-4-3-5-9(11(8)12)15(17)18/h3-5,13H,6-7H2,1-2H3. The maximum atomic E-state index is 13.6. The average Bonchev–Trinajstić information content (AvgIpc) is 2.30. The van der Waals surface area contributed by atoms with Gasteiger partial charge in [0.15, 0.2) is 0 Å². The fraction of sp³-hybridized carbons (Fsp3) is 0.364. The summed E-state index contributed by atoms with van der Waals surface area (Å²) in [5.41, 5.74) is -0.399. The van der Waals surface area contributed by atoms with Crippen LogP contribution in [0.15, 0.2) is 18.2 Å². The number of hydrogen-bond donors (Lipinski definition) is 1. The first kappa shape index (κ1) is 14.0. The summed E-state index contributed by atoms with van der Waals surface area (Å²) in [6.07, 6.45) is 0. The monoisotopic (exact) mass is 255 g/mol. The molecule has 0 heterocycles. The Morgan fingerprint density at radius 2 is 2.17 bits per heavy atom. The molecule has 0 aliphatic rings. The van der Waals surface area contributed by atoms with Gasteiger partial charge in [-0.15, -0.1) is 0 Å². The lowest BCUT2D eigenvalue weighted by molar-refractivity contribution is -0.387. The number of benzene rings is 1. The molecule has 0 radical (unpaired) electrons. The molecule has 1 rings (SSSR count). The van der Waals surface area contributed by atoms with Crippen LogP contribution < -0.4 is 5.32 Å². The fourth-order valence-electron chi connectivity index (χ4n) is 1.31. The normalized spacial score (nSPS) is 10.2. The Balaban J connectivity index is 2.66. The van der Waals surface area contributed by atoms with Gasteiger partial charge in [-0.05, 0) is 0 Å². The van der Waals surface area contributed by atoms with Gasteiger partial charge in [0.2, 0.25) is 11.7 Å². The van der Waals surface area contributed by atoms with Crippen molar-refractivity contribution in [2.75, 3.05) is 20.6 Å². The molecule has 0 aliphatic heterocycles. The summed E-state index contributed by atoms with van der Waals surface area (Å²) in [4.78, 5) is 22.4. The summed E-state index contributed by atoms with van der Waals surface area (Å²) in [7, 11) is 3.22. The molecule has 0 saturated heterocycles. The van der Waals surface area contributed by atoms with Crippen molar-refractivity contribution in [2.45, 2.75) is 6.54 Å². The zero-order valence-electron chi connectivity index (χ0n) is 10.1. The third-order valence-corrected chi connectivity index (χ3v) is 2.35. The predicted molar refractivity (Wildman–Crippen MR) is 63.5 cm³/mol. The third-order valence-electron chi connectivity index (χ3n) is 2.35. The van der Waals surface area contributed by atoms with E-state index >= 15 is 0 Å². The number of nitro groups is 1. The number of nitro benzene ring substituents is 1.